The summed E-state index contributed by atoms with van der Waals surface area (Å²) in [6.07, 6.45) is 4.10. The molecule has 176 valence electrons. The second-order valence-electron chi connectivity index (χ2n) is 8.47. The Kier molecular flexibility index (Phi) is 6.77. The molecule has 0 spiro atoms. The number of para-hydroxylation sites is 1. The molecule has 0 radical (unpaired) electrons. The summed E-state index contributed by atoms with van der Waals surface area (Å²) in [5.41, 5.74) is 6.93. The van der Waals surface area contributed by atoms with Crippen LogP contribution in [0, 0.1) is 13.8 Å². The summed E-state index contributed by atoms with van der Waals surface area (Å²) in [6, 6.07) is 22.4. The number of hydrogen-bond donors (Lipinski definition) is 1. The van der Waals surface area contributed by atoms with Crippen LogP contribution in [0.15, 0.2) is 78.0 Å². The topological polar surface area (TPSA) is 68.5 Å². The molecule has 0 saturated heterocycles. The highest BCUT2D eigenvalue weighted by atomic mass is 32.2. The minimum atomic E-state index is 0.554. The van der Waals surface area contributed by atoms with E-state index in [1.807, 2.05) is 54.1 Å². The van der Waals surface area contributed by atoms with Gasteiger partial charge in [0.05, 0.1) is 28.2 Å². The molecule has 3 heterocycles. The van der Waals surface area contributed by atoms with Gasteiger partial charge in [-0.15, -0.1) is 11.8 Å². The number of unbranched alkanes of at least 4 members (excludes halogenated alkanes) is 1. The number of aryl methyl sites for hydroxylation is 1. The van der Waals surface area contributed by atoms with E-state index < -0.39 is 0 Å². The molecule has 0 saturated carbocycles. The van der Waals surface area contributed by atoms with Gasteiger partial charge < -0.3 is 5.32 Å². The fourth-order valence-corrected chi connectivity index (χ4v) is 5.16. The number of fused-ring (bicyclic) bond motifs is 1. The molecule has 0 aliphatic heterocycles. The summed E-state index contributed by atoms with van der Waals surface area (Å²) in [7, 11) is 0. The van der Waals surface area contributed by atoms with Crippen LogP contribution in [-0.4, -0.2) is 30.5 Å². The molecule has 0 fully saturated rings. The Morgan fingerprint density at radius 1 is 0.943 bits per heavy atom. The van der Waals surface area contributed by atoms with Crippen LogP contribution in [0.3, 0.4) is 0 Å². The smallest absolute Gasteiger partial charge is 0.227 e. The maximum absolute atomic E-state index is 4.97. The Hall–Kier alpha value is -3.71. The molecule has 0 aliphatic rings. The van der Waals surface area contributed by atoms with Crippen molar-refractivity contribution in [3.8, 4) is 16.9 Å². The molecule has 7 heteroatoms. The number of thioether (sulfide) groups is 1. The van der Waals surface area contributed by atoms with E-state index >= 15 is 0 Å². The molecule has 0 atom stereocenters. The van der Waals surface area contributed by atoms with Crippen molar-refractivity contribution in [2.45, 2.75) is 38.6 Å². The lowest BCUT2D eigenvalue weighted by atomic mass is 10.2. The molecule has 2 aromatic carbocycles. The van der Waals surface area contributed by atoms with Crippen molar-refractivity contribution in [3.05, 3.63) is 84.3 Å². The van der Waals surface area contributed by atoms with Crippen molar-refractivity contribution in [2.75, 3.05) is 11.1 Å². The van der Waals surface area contributed by atoms with Crippen LogP contribution in [-0.2, 0) is 0 Å². The van der Waals surface area contributed by atoms with Crippen LogP contribution in [0.25, 0.3) is 27.8 Å². The number of rotatable bonds is 8. The van der Waals surface area contributed by atoms with E-state index in [1.54, 1.807) is 18.0 Å². The summed E-state index contributed by atoms with van der Waals surface area (Å²) in [5.74, 6) is 1.58. The predicted molar refractivity (Wildman–Crippen MR) is 145 cm³/mol. The average Bonchev–Trinajstić information content (AvgIpc) is 3.21. The van der Waals surface area contributed by atoms with Gasteiger partial charge in [0.2, 0.25) is 5.95 Å². The number of nitrogens with zero attached hydrogens (tertiary/aromatic N) is 5. The number of pyridine rings is 1. The zero-order valence-corrected chi connectivity index (χ0v) is 21.0. The summed E-state index contributed by atoms with van der Waals surface area (Å²) < 4.78 is 2.01. The van der Waals surface area contributed by atoms with Crippen molar-refractivity contribution < 1.29 is 0 Å². The molecule has 5 aromatic rings. The first-order chi connectivity index (χ1) is 17.1. The molecule has 3 aromatic heterocycles. The highest BCUT2D eigenvalue weighted by Gasteiger charge is 2.19. The number of hydrogen-bond acceptors (Lipinski definition) is 6. The summed E-state index contributed by atoms with van der Waals surface area (Å²) in [5, 5.41) is 10.4. The lowest BCUT2D eigenvalue weighted by Crippen LogP contribution is -2.00. The largest absolute Gasteiger partial charge is 0.324 e. The molecule has 0 aliphatic carbocycles. The Balaban J connectivity index is 1.50. The van der Waals surface area contributed by atoms with E-state index in [0.29, 0.717) is 5.95 Å². The van der Waals surface area contributed by atoms with Gasteiger partial charge in [-0.3, -0.25) is 4.98 Å². The lowest BCUT2D eigenvalue weighted by Gasteiger charge is -2.09. The van der Waals surface area contributed by atoms with Crippen molar-refractivity contribution in [1.82, 2.24) is 24.7 Å². The van der Waals surface area contributed by atoms with Crippen molar-refractivity contribution in [2.24, 2.45) is 0 Å². The Morgan fingerprint density at radius 3 is 2.63 bits per heavy atom. The molecule has 5 rings (SSSR count). The monoisotopic (exact) mass is 480 g/mol. The van der Waals surface area contributed by atoms with Crippen molar-refractivity contribution in [3.63, 3.8) is 0 Å². The first-order valence-corrected chi connectivity index (χ1v) is 12.9. The summed E-state index contributed by atoms with van der Waals surface area (Å²) in [6.45, 7) is 6.32. The van der Waals surface area contributed by atoms with Gasteiger partial charge in [0.15, 0.2) is 0 Å². The van der Waals surface area contributed by atoms with Gasteiger partial charge in [-0.25, -0.2) is 14.6 Å². The highest BCUT2D eigenvalue weighted by molar-refractivity contribution is 7.99. The standard InChI is InChI=1S/C28H28N6S/c1-4-5-17-35-27-26(20(3)34(33-27)23-9-7-6-8-10-23)25-15-16-29-28(32-25)31-22-13-14-24-21(18-22)12-11-19(2)30-24/h6-16,18H,4-5,17H2,1-3H3,(H,29,31,32). The van der Waals surface area contributed by atoms with Crippen molar-refractivity contribution in [1.29, 1.82) is 0 Å². The second kappa shape index (κ2) is 10.3. The van der Waals surface area contributed by atoms with E-state index in [9.17, 15) is 0 Å². The van der Waals surface area contributed by atoms with Crippen LogP contribution >= 0.6 is 11.8 Å². The van der Waals surface area contributed by atoms with Gasteiger partial charge in [-0.1, -0.05) is 37.6 Å². The Labute approximate surface area is 209 Å². The molecule has 0 unspecified atom stereocenters. The Morgan fingerprint density at radius 2 is 1.80 bits per heavy atom. The molecule has 0 bridgehead atoms. The predicted octanol–water partition coefficient (Wildman–Crippen LogP) is 7.13. The minimum Gasteiger partial charge on any atom is -0.324 e. The number of benzene rings is 2. The minimum absolute atomic E-state index is 0.554. The van der Waals surface area contributed by atoms with Gasteiger partial charge in [-0.05, 0) is 68.5 Å². The van der Waals surface area contributed by atoms with E-state index in [0.717, 1.165) is 68.5 Å². The summed E-state index contributed by atoms with van der Waals surface area (Å²) >= 11 is 1.79. The van der Waals surface area contributed by atoms with Crippen molar-refractivity contribution >= 4 is 34.3 Å². The van der Waals surface area contributed by atoms with Crippen LogP contribution in [0.2, 0.25) is 0 Å². The van der Waals surface area contributed by atoms with Gasteiger partial charge in [0.1, 0.15) is 5.03 Å². The molecular weight excluding hydrogens is 452 g/mol. The first-order valence-electron chi connectivity index (χ1n) is 11.9. The van der Waals surface area contributed by atoms with E-state index in [4.69, 9.17) is 10.1 Å². The lowest BCUT2D eigenvalue weighted by molar-refractivity contribution is 0.811. The van der Waals surface area contributed by atoms with Gasteiger partial charge in [0.25, 0.3) is 0 Å². The third kappa shape index (κ3) is 5.05. The fourth-order valence-electron chi connectivity index (χ4n) is 4.00. The third-order valence-electron chi connectivity index (χ3n) is 5.82. The highest BCUT2D eigenvalue weighted by Crippen LogP contribution is 2.35. The molecule has 1 N–H and O–H groups in total. The normalized spacial score (nSPS) is 11.2. The average molecular weight is 481 g/mol. The van der Waals surface area contributed by atoms with Gasteiger partial charge in [0, 0.05) is 23.0 Å². The zero-order chi connectivity index (χ0) is 24.2. The molecule has 6 nitrogen and oxygen atoms in total. The van der Waals surface area contributed by atoms with Gasteiger partial charge in [-0.2, -0.15) is 5.10 Å². The zero-order valence-electron chi connectivity index (χ0n) is 20.2. The third-order valence-corrected chi connectivity index (χ3v) is 6.87. The SMILES string of the molecule is CCCCSc1nn(-c2ccccc2)c(C)c1-c1ccnc(Nc2ccc3nc(C)ccc3c2)n1. The van der Waals surface area contributed by atoms with Crippen LogP contribution in [0.4, 0.5) is 11.6 Å². The quantitative estimate of drug-likeness (QED) is 0.188. The molecule has 0 amide bonds. The number of aromatic nitrogens is 5. The maximum atomic E-state index is 4.97. The second-order valence-corrected chi connectivity index (χ2v) is 9.55. The first kappa shape index (κ1) is 23.1. The summed E-state index contributed by atoms with van der Waals surface area (Å²) in [4.78, 5) is 14.0. The van der Waals surface area contributed by atoms with Crippen LogP contribution in [0.5, 0.6) is 0 Å². The molecular formula is C28H28N6S. The van der Waals surface area contributed by atoms with E-state index in [-0.39, 0.29) is 0 Å². The van der Waals surface area contributed by atoms with Crippen LogP contribution < -0.4 is 5.32 Å². The maximum Gasteiger partial charge on any atom is 0.227 e. The number of anilines is 2. The number of nitrogens with one attached hydrogen (secondary N) is 1. The van der Waals surface area contributed by atoms with E-state index in [2.05, 4.69) is 53.4 Å². The fraction of sp³-hybridized carbons (Fsp3) is 0.214. The Bertz CT molecular complexity index is 1460. The van der Waals surface area contributed by atoms with E-state index in [1.165, 1.54) is 0 Å². The van der Waals surface area contributed by atoms with Crippen LogP contribution in [0.1, 0.15) is 31.2 Å². The molecule has 35 heavy (non-hydrogen) atoms. The van der Waals surface area contributed by atoms with Gasteiger partial charge >= 0.3 is 0 Å².